The zero-order valence-electron chi connectivity index (χ0n) is 32.0. The minimum absolute atomic E-state index is 0.300. The van der Waals surface area contributed by atoms with Crippen LogP contribution in [-0.4, -0.2) is 16.2 Å². The van der Waals surface area contributed by atoms with E-state index in [1.54, 1.807) is 0 Å². The Labute approximate surface area is 348 Å². The van der Waals surface area contributed by atoms with Crippen LogP contribution in [-0.2, 0) is 6.42 Å². The molecule has 2 unspecified atom stereocenters. The molecule has 4 aliphatic rings. The molecule has 6 heteroatoms. The molecule has 13 rings (SSSR count). The lowest BCUT2D eigenvalue weighted by Gasteiger charge is -2.24. The number of fused-ring (bicyclic) bond motifs is 12. The molecule has 0 spiro atoms. The van der Waals surface area contributed by atoms with Crippen molar-refractivity contribution in [2.24, 2.45) is 15.9 Å². The Morgan fingerprint density at radius 3 is 2.47 bits per heavy atom. The largest absolute Gasteiger partial charge is 0.344 e. The van der Waals surface area contributed by atoms with E-state index in [1.807, 2.05) is 22.7 Å². The number of aliphatic imine (C=N–C) groups is 2. The van der Waals surface area contributed by atoms with Crippen molar-refractivity contribution in [3.8, 4) is 5.69 Å². The van der Waals surface area contributed by atoms with Gasteiger partial charge in [0.25, 0.3) is 0 Å². The summed E-state index contributed by atoms with van der Waals surface area (Å²) < 4.78 is 6.37. The molecule has 0 saturated heterocycles. The SMILES string of the molecule is C1=CC2=c3c(n(-c4ccc(C5=NC(c6ccc7sc8ccccc8c7c6)=NC(c6ccc7sc8c(c7c6)C=CCC8)N5)cc4)c4ccc5ccccc5c34)=CCC2C=C1. The van der Waals surface area contributed by atoms with E-state index in [2.05, 4.69) is 174 Å². The third kappa shape index (κ3) is 5.19. The predicted molar refractivity (Wildman–Crippen MR) is 252 cm³/mol. The summed E-state index contributed by atoms with van der Waals surface area (Å²) in [7, 11) is 0. The van der Waals surface area contributed by atoms with E-state index in [9.17, 15) is 0 Å². The van der Waals surface area contributed by atoms with Crippen molar-refractivity contribution in [3.63, 3.8) is 0 Å². The van der Waals surface area contributed by atoms with Gasteiger partial charge < -0.3 is 9.88 Å². The average molecular weight is 793 g/mol. The topological polar surface area (TPSA) is 41.7 Å². The van der Waals surface area contributed by atoms with Gasteiger partial charge in [0.1, 0.15) is 12.0 Å². The van der Waals surface area contributed by atoms with Crippen LogP contribution in [0.4, 0.5) is 0 Å². The Hall–Kier alpha value is -6.60. The second-order valence-corrected chi connectivity index (χ2v) is 18.2. The Kier molecular flexibility index (Phi) is 7.33. The Bertz CT molecular complexity index is 3570. The van der Waals surface area contributed by atoms with Gasteiger partial charge in [0.15, 0.2) is 5.84 Å². The number of aromatic nitrogens is 1. The lowest BCUT2D eigenvalue weighted by molar-refractivity contribution is 0.675. The van der Waals surface area contributed by atoms with Crippen LogP contribution in [0.3, 0.4) is 0 Å². The first kappa shape index (κ1) is 33.4. The van der Waals surface area contributed by atoms with Crippen molar-refractivity contribution in [1.82, 2.24) is 9.88 Å². The normalized spacial score (nSPS) is 18.2. The molecule has 4 heterocycles. The molecule has 0 amide bonds. The summed E-state index contributed by atoms with van der Waals surface area (Å²) in [4.78, 5) is 12.1. The number of nitrogens with zero attached hydrogens (tertiary/aromatic N) is 3. The number of rotatable bonds is 4. The highest BCUT2D eigenvalue weighted by Crippen LogP contribution is 2.39. The first-order chi connectivity index (χ1) is 29.2. The molecule has 0 radical (unpaired) electrons. The van der Waals surface area contributed by atoms with E-state index in [0.29, 0.717) is 5.92 Å². The van der Waals surface area contributed by atoms with Gasteiger partial charge >= 0.3 is 0 Å². The van der Waals surface area contributed by atoms with Gasteiger partial charge in [0.2, 0.25) is 0 Å². The molecule has 6 aromatic carbocycles. The van der Waals surface area contributed by atoms with Gasteiger partial charge in [-0.25, -0.2) is 9.98 Å². The number of amidine groups is 2. The van der Waals surface area contributed by atoms with Crippen molar-refractivity contribution in [2.75, 3.05) is 0 Å². The van der Waals surface area contributed by atoms with Crippen molar-refractivity contribution < 1.29 is 0 Å². The van der Waals surface area contributed by atoms with Crippen molar-refractivity contribution in [1.29, 1.82) is 0 Å². The molecular formula is C53H36N4S2. The second kappa shape index (κ2) is 13.0. The fourth-order valence-corrected chi connectivity index (χ4v) is 12.1. The van der Waals surface area contributed by atoms with Gasteiger partial charge in [-0.15, -0.1) is 22.7 Å². The van der Waals surface area contributed by atoms with E-state index in [4.69, 9.17) is 9.98 Å². The molecule has 4 nitrogen and oxygen atoms in total. The Morgan fingerprint density at radius 2 is 1.53 bits per heavy atom. The van der Waals surface area contributed by atoms with Crippen LogP contribution >= 0.6 is 22.7 Å². The molecule has 3 aliphatic carbocycles. The monoisotopic (exact) mass is 792 g/mol. The van der Waals surface area contributed by atoms with Crippen LogP contribution in [0.25, 0.3) is 75.3 Å². The van der Waals surface area contributed by atoms with E-state index in [0.717, 1.165) is 53.3 Å². The average Bonchev–Trinajstić information content (AvgIpc) is 3.98. The molecule has 9 aromatic rings. The van der Waals surface area contributed by atoms with Crippen molar-refractivity contribution >= 4 is 104 Å². The maximum Gasteiger partial charge on any atom is 0.159 e. The highest BCUT2D eigenvalue weighted by molar-refractivity contribution is 7.25. The Morgan fingerprint density at radius 1 is 0.695 bits per heavy atom. The summed E-state index contributed by atoms with van der Waals surface area (Å²) in [6, 6.07) is 44.6. The number of allylic oxidation sites excluding steroid dienone is 5. The maximum absolute atomic E-state index is 5.36. The minimum atomic E-state index is -0.300. The van der Waals surface area contributed by atoms with Crippen molar-refractivity contribution in [2.45, 2.75) is 25.4 Å². The zero-order chi connectivity index (χ0) is 38.6. The highest BCUT2D eigenvalue weighted by Gasteiger charge is 2.25. The number of aryl methyl sites for hydroxylation is 1. The maximum atomic E-state index is 5.36. The van der Waals surface area contributed by atoms with E-state index in [-0.39, 0.29) is 6.17 Å². The predicted octanol–water partition coefficient (Wildman–Crippen LogP) is 11.9. The first-order valence-electron chi connectivity index (χ1n) is 20.5. The standard InChI is InChI=1S/C53H36N4S2/c1-3-11-37-31(9-1)19-25-43-49(37)50-38-12-4-2-10-32(38)20-26-44(50)57(43)36-23-17-33(18-24-36)51-54-52(34-21-27-47-41(29-34)39-13-5-7-15-45(39)58-47)56-53(55-51)35-22-28-48-42(30-35)40-14-6-8-16-46(40)59-48/h1-7,9-15,17-19,21-30,32,53H,8,16,20H2,(H,54,55,56). The van der Waals surface area contributed by atoms with Crippen LogP contribution < -0.4 is 15.9 Å². The van der Waals surface area contributed by atoms with E-state index in [1.165, 1.54) is 78.5 Å². The molecule has 0 bridgehead atoms. The molecule has 1 N–H and O–H groups in total. The summed E-state index contributed by atoms with van der Waals surface area (Å²) in [5.41, 5.74) is 8.33. The summed E-state index contributed by atoms with van der Waals surface area (Å²) in [5.74, 6) is 1.96. The molecule has 0 fully saturated rings. The summed E-state index contributed by atoms with van der Waals surface area (Å²) in [6.07, 6.45) is 19.0. The number of benzene rings is 6. The molecule has 2 atom stereocenters. The first-order valence-corrected chi connectivity index (χ1v) is 22.1. The Balaban J connectivity index is 0.955. The van der Waals surface area contributed by atoms with Crippen LogP contribution in [0.1, 0.15) is 46.1 Å². The minimum Gasteiger partial charge on any atom is -0.344 e. The van der Waals surface area contributed by atoms with Gasteiger partial charge in [0.05, 0.1) is 10.9 Å². The molecular weight excluding hydrogens is 757 g/mol. The van der Waals surface area contributed by atoms with Gasteiger partial charge in [-0.05, 0) is 113 Å². The quantitative estimate of drug-likeness (QED) is 0.189. The van der Waals surface area contributed by atoms with Crippen LogP contribution in [0.2, 0.25) is 0 Å². The van der Waals surface area contributed by atoms with Crippen LogP contribution in [0.5, 0.6) is 0 Å². The summed E-state index contributed by atoms with van der Waals surface area (Å²) in [6.45, 7) is 0. The number of nitrogens with one attached hydrogen (secondary N) is 1. The van der Waals surface area contributed by atoms with Crippen LogP contribution in [0, 0.1) is 5.92 Å². The lowest BCUT2D eigenvalue weighted by atomic mass is 9.86. The van der Waals surface area contributed by atoms with E-state index >= 15 is 0 Å². The molecule has 3 aromatic heterocycles. The van der Waals surface area contributed by atoms with Crippen molar-refractivity contribution in [3.05, 3.63) is 189 Å². The second-order valence-electron chi connectivity index (χ2n) is 16.0. The lowest BCUT2D eigenvalue weighted by Crippen LogP contribution is -2.35. The molecule has 0 saturated carbocycles. The number of hydrogen-bond donors (Lipinski definition) is 1. The third-order valence-corrected chi connectivity index (χ3v) is 15.0. The molecule has 59 heavy (non-hydrogen) atoms. The van der Waals surface area contributed by atoms with Gasteiger partial charge in [-0.2, -0.15) is 0 Å². The van der Waals surface area contributed by atoms with Crippen LogP contribution in [0.15, 0.2) is 162 Å². The van der Waals surface area contributed by atoms with Gasteiger partial charge in [-0.1, -0.05) is 97.1 Å². The van der Waals surface area contributed by atoms with E-state index < -0.39 is 0 Å². The molecule has 280 valence electrons. The molecule has 1 aliphatic heterocycles. The smallest absolute Gasteiger partial charge is 0.159 e. The summed E-state index contributed by atoms with van der Waals surface area (Å²) >= 11 is 3.76. The number of hydrogen-bond acceptors (Lipinski definition) is 5. The summed E-state index contributed by atoms with van der Waals surface area (Å²) in [5, 5.41) is 14.1. The van der Waals surface area contributed by atoms with Gasteiger partial charge in [-0.3, -0.25) is 0 Å². The number of thiophene rings is 2. The fraction of sp³-hybridized carbons (Fsp3) is 0.0943. The highest BCUT2D eigenvalue weighted by atomic mass is 32.1. The third-order valence-electron chi connectivity index (χ3n) is 12.6. The zero-order valence-corrected chi connectivity index (χ0v) is 33.7. The fourth-order valence-electron chi connectivity index (χ4n) is 9.81. The van der Waals surface area contributed by atoms with Gasteiger partial charge in [0, 0.05) is 68.5 Å².